The Labute approximate surface area is 182 Å². The van der Waals surface area contributed by atoms with Crippen LogP contribution in [0.5, 0.6) is 0 Å². The summed E-state index contributed by atoms with van der Waals surface area (Å²) < 4.78 is 39.8. The van der Waals surface area contributed by atoms with Gasteiger partial charge >= 0.3 is 0 Å². The number of amides is 2. The van der Waals surface area contributed by atoms with Crippen molar-refractivity contribution in [2.75, 3.05) is 24.2 Å². The summed E-state index contributed by atoms with van der Waals surface area (Å²) in [6, 6.07) is 12.0. The minimum atomic E-state index is -3.96. The van der Waals surface area contributed by atoms with Gasteiger partial charge < -0.3 is 10.2 Å². The molecule has 0 heterocycles. The molecule has 1 N–H and O–H groups in total. The van der Waals surface area contributed by atoms with Gasteiger partial charge in [0.25, 0.3) is 0 Å². The third-order valence-electron chi connectivity index (χ3n) is 5.03. The molecule has 7 nitrogen and oxygen atoms in total. The summed E-state index contributed by atoms with van der Waals surface area (Å²) in [6.45, 7) is 3.15. The molecular weight excluding hydrogens is 421 g/mol. The first-order valence-corrected chi connectivity index (χ1v) is 11.7. The predicted molar refractivity (Wildman–Crippen MR) is 118 cm³/mol. The largest absolute Gasteiger partial charge is 0.357 e. The summed E-state index contributed by atoms with van der Waals surface area (Å²) in [5, 5.41) is 2.55. The van der Waals surface area contributed by atoms with Crippen molar-refractivity contribution in [3.63, 3.8) is 0 Å². The molecule has 2 aromatic carbocycles. The van der Waals surface area contributed by atoms with E-state index in [4.69, 9.17) is 0 Å². The maximum absolute atomic E-state index is 14.3. The molecule has 0 aromatic heterocycles. The standard InChI is InChI=1S/C22H28FN3O4S/c1-5-19(22(28)24-3)25(14-17-11-7-6-10-16(17)2)21(27)15-26(31(4,29)30)20-13-9-8-12-18(20)23/h6-13,19H,5,14-15H2,1-4H3,(H,24,28)/t19-/m1/s1. The van der Waals surface area contributed by atoms with E-state index in [1.54, 1.807) is 6.92 Å². The number of nitrogens with one attached hydrogen (secondary N) is 1. The van der Waals surface area contributed by atoms with E-state index in [9.17, 15) is 22.4 Å². The molecule has 0 spiro atoms. The van der Waals surface area contributed by atoms with E-state index in [0.717, 1.165) is 27.8 Å². The normalized spacial score (nSPS) is 12.2. The van der Waals surface area contributed by atoms with Crippen LogP contribution in [-0.4, -0.2) is 51.0 Å². The van der Waals surface area contributed by atoms with Crippen LogP contribution in [0.15, 0.2) is 48.5 Å². The number of anilines is 1. The van der Waals surface area contributed by atoms with Gasteiger partial charge in [-0.05, 0) is 36.6 Å². The van der Waals surface area contributed by atoms with E-state index in [1.165, 1.54) is 30.1 Å². The fraction of sp³-hybridized carbons (Fsp3) is 0.364. The molecule has 1 atom stereocenters. The van der Waals surface area contributed by atoms with Crippen LogP contribution < -0.4 is 9.62 Å². The first-order valence-electron chi connectivity index (χ1n) is 9.88. The zero-order valence-corrected chi connectivity index (χ0v) is 18.9. The smallest absolute Gasteiger partial charge is 0.244 e. The third kappa shape index (κ3) is 6.04. The SMILES string of the molecule is CC[C@H](C(=O)NC)N(Cc1ccccc1C)C(=O)CN(c1ccccc1F)S(C)(=O)=O. The molecule has 2 rings (SSSR count). The molecule has 0 aliphatic heterocycles. The first kappa shape index (κ1) is 24.3. The highest BCUT2D eigenvalue weighted by molar-refractivity contribution is 7.92. The molecule has 9 heteroatoms. The van der Waals surface area contributed by atoms with Crippen LogP contribution in [0.2, 0.25) is 0 Å². The average Bonchev–Trinajstić information content (AvgIpc) is 2.72. The summed E-state index contributed by atoms with van der Waals surface area (Å²) in [6.07, 6.45) is 1.24. The summed E-state index contributed by atoms with van der Waals surface area (Å²) in [4.78, 5) is 27.2. The maximum Gasteiger partial charge on any atom is 0.244 e. The second kappa shape index (κ2) is 10.4. The Morgan fingerprint density at radius 1 is 1.10 bits per heavy atom. The summed E-state index contributed by atoms with van der Waals surface area (Å²) in [7, 11) is -2.49. The van der Waals surface area contributed by atoms with E-state index < -0.39 is 34.3 Å². The van der Waals surface area contributed by atoms with E-state index in [1.807, 2.05) is 31.2 Å². The van der Waals surface area contributed by atoms with Gasteiger partial charge in [0.15, 0.2) is 0 Å². The Morgan fingerprint density at radius 2 is 1.71 bits per heavy atom. The van der Waals surface area contributed by atoms with Crippen LogP contribution in [0.4, 0.5) is 10.1 Å². The number of hydrogen-bond donors (Lipinski definition) is 1. The fourth-order valence-electron chi connectivity index (χ4n) is 3.31. The zero-order valence-electron chi connectivity index (χ0n) is 18.1. The Bertz CT molecular complexity index is 1040. The number of sulfonamides is 1. The lowest BCUT2D eigenvalue weighted by atomic mass is 10.1. The van der Waals surface area contributed by atoms with Gasteiger partial charge in [-0.15, -0.1) is 0 Å². The van der Waals surface area contributed by atoms with Crippen LogP contribution >= 0.6 is 0 Å². The van der Waals surface area contributed by atoms with Crippen LogP contribution in [0, 0.1) is 12.7 Å². The Balaban J connectivity index is 2.46. The van der Waals surface area contributed by atoms with E-state index in [2.05, 4.69) is 5.32 Å². The highest BCUT2D eigenvalue weighted by atomic mass is 32.2. The monoisotopic (exact) mass is 449 g/mol. The number of benzene rings is 2. The van der Waals surface area contributed by atoms with Crippen LogP contribution in [-0.2, 0) is 26.2 Å². The van der Waals surface area contributed by atoms with Crippen LogP contribution in [0.25, 0.3) is 0 Å². The summed E-state index contributed by atoms with van der Waals surface area (Å²) in [5.74, 6) is -1.72. The van der Waals surface area contributed by atoms with E-state index in [0.29, 0.717) is 6.42 Å². The maximum atomic E-state index is 14.3. The highest BCUT2D eigenvalue weighted by Crippen LogP contribution is 2.23. The van der Waals surface area contributed by atoms with Crippen LogP contribution in [0.3, 0.4) is 0 Å². The molecule has 0 aliphatic carbocycles. The molecule has 0 aliphatic rings. The van der Waals surface area contributed by atoms with Gasteiger partial charge in [-0.25, -0.2) is 12.8 Å². The molecule has 31 heavy (non-hydrogen) atoms. The predicted octanol–water partition coefficient (Wildman–Crippen LogP) is 2.45. The zero-order chi connectivity index (χ0) is 23.2. The van der Waals surface area contributed by atoms with E-state index >= 15 is 0 Å². The number of halogens is 1. The lowest BCUT2D eigenvalue weighted by Crippen LogP contribution is -2.51. The van der Waals surface area contributed by atoms with Gasteiger partial charge in [0, 0.05) is 13.6 Å². The van der Waals surface area contributed by atoms with Gasteiger partial charge in [-0.2, -0.15) is 0 Å². The summed E-state index contributed by atoms with van der Waals surface area (Å²) >= 11 is 0. The van der Waals surface area contributed by atoms with E-state index in [-0.39, 0.29) is 18.1 Å². The van der Waals surface area contributed by atoms with Crippen molar-refractivity contribution in [3.05, 3.63) is 65.5 Å². The number of likely N-dealkylation sites (N-methyl/N-ethyl adjacent to an activating group) is 1. The number of hydrogen-bond acceptors (Lipinski definition) is 4. The quantitative estimate of drug-likeness (QED) is 0.637. The summed E-state index contributed by atoms with van der Waals surface area (Å²) in [5.41, 5.74) is 1.54. The molecule has 0 saturated heterocycles. The fourth-order valence-corrected chi connectivity index (χ4v) is 4.16. The molecule has 0 fully saturated rings. The lowest BCUT2D eigenvalue weighted by Gasteiger charge is -2.33. The van der Waals surface area contributed by atoms with Gasteiger partial charge in [0.05, 0.1) is 11.9 Å². The molecule has 0 saturated carbocycles. The third-order valence-corrected chi connectivity index (χ3v) is 6.16. The molecular formula is C22H28FN3O4S. The second-order valence-electron chi connectivity index (χ2n) is 7.21. The Kier molecular flexibility index (Phi) is 8.15. The van der Waals surface area contributed by atoms with Crippen molar-refractivity contribution < 1.29 is 22.4 Å². The second-order valence-corrected chi connectivity index (χ2v) is 9.11. The average molecular weight is 450 g/mol. The molecule has 0 radical (unpaired) electrons. The first-order chi connectivity index (χ1) is 14.6. The molecule has 0 bridgehead atoms. The van der Waals surface area contributed by atoms with Crippen molar-refractivity contribution in [1.29, 1.82) is 0 Å². The topological polar surface area (TPSA) is 86.8 Å². The highest BCUT2D eigenvalue weighted by Gasteiger charge is 2.32. The number of para-hydroxylation sites is 1. The molecule has 0 unspecified atom stereocenters. The van der Waals surface area contributed by atoms with Crippen molar-refractivity contribution in [3.8, 4) is 0 Å². The van der Waals surface area contributed by atoms with Gasteiger partial charge in [-0.3, -0.25) is 13.9 Å². The minimum absolute atomic E-state index is 0.117. The minimum Gasteiger partial charge on any atom is -0.357 e. The van der Waals surface area contributed by atoms with Gasteiger partial charge in [-0.1, -0.05) is 43.3 Å². The number of nitrogens with zero attached hydrogens (tertiary/aromatic N) is 2. The Hall–Kier alpha value is -2.94. The Morgan fingerprint density at radius 3 is 2.26 bits per heavy atom. The number of aryl methyl sites for hydroxylation is 1. The molecule has 2 aromatic rings. The number of carbonyl (C=O) groups is 2. The van der Waals surface area contributed by atoms with Crippen molar-refractivity contribution >= 4 is 27.5 Å². The van der Waals surface area contributed by atoms with Gasteiger partial charge in [0.1, 0.15) is 18.4 Å². The lowest BCUT2D eigenvalue weighted by molar-refractivity contribution is -0.140. The van der Waals surface area contributed by atoms with Crippen LogP contribution in [0.1, 0.15) is 24.5 Å². The number of rotatable bonds is 9. The van der Waals surface area contributed by atoms with Crippen molar-refractivity contribution in [1.82, 2.24) is 10.2 Å². The van der Waals surface area contributed by atoms with Crippen molar-refractivity contribution in [2.24, 2.45) is 0 Å². The number of carbonyl (C=O) groups excluding carboxylic acids is 2. The van der Waals surface area contributed by atoms with Crippen molar-refractivity contribution in [2.45, 2.75) is 32.9 Å². The molecule has 2 amide bonds. The molecule has 168 valence electrons. The van der Waals surface area contributed by atoms with Gasteiger partial charge in [0.2, 0.25) is 21.8 Å².